The molecular formula is C19H24N4O. The molecule has 2 aliphatic rings. The molecule has 0 bridgehead atoms. The number of hydrazine groups is 1. The first kappa shape index (κ1) is 15.4. The quantitative estimate of drug-likeness (QED) is 0.851. The van der Waals surface area contributed by atoms with Crippen molar-refractivity contribution in [3.05, 3.63) is 53.3 Å². The zero-order chi connectivity index (χ0) is 16.7. The molecule has 24 heavy (non-hydrogen) atoms. The van der Waals surface area contributed by atoms with E-state index in [1.807, 2.05) is 47.9 Å². The Morgan fingerprint density at radius 2 is 1.83 bits per heavy atom. The first-order valence-electron chi connectivity index (χ1n) is 8.78. The van der Waals surface area contributed by atoms with Crippen molar-refractivity contribution in [1.82, 2.24) is 19.8 Å². The van der Waals surface area contributed by atoms with Crippen LogP contribution in [-0.4, -0.2) is 32.8 Å². The fourth-order valence-electron chi connectivity index (χ4n) is 4.19. The fourth-order valence-corrected chi connectivity index (χ4v) is 4.19. The van der Waals surface area contributed by atoms with E-state index < -0.39 is 0 Å². The van der Waals surface area contributed by atoms with Gasteiger partial charge in [-0.05, 0) is 44.2 Å². The largest absolute Gasteiger partial charge is 0.286 e. The van der Waals surface area contributed by atoms with Crippen molar-refractivity contribution in [3.63, 3.8) is 0 Å². The van der Waals surface area contributed by atoms with Crippen LogP contribution in [0.1, 0.15) is 53.8 Å². The summed E-state index contributed by atoms with van der Waals surface area (Å²) in [6.45, 7) is 2.57. The molecule has 1 amide bonds. The third-order valence-electron chi connectivity index (χ3n) is 5.47. The summed E-state index contributed by atoms with van der Waals surface area (Å²) in [5.74, 6) is 0.0400. The van der Waals surface area contributed by atoms with E-state index in [1.54, 1.807) is 0 Å². The minimum Gasteiger partial charge on any atom is -0.266 e. The number of nitrogens with zero attached hydrogens (tertiary/aromatic N) is 4. The molecule has 126 valence electrons. The summed E-state index contributed by atoms with van der Waals surface area (Å²) in [6.07, 6.45) is 5.69. The highest BCUT2D eigenvalue weighted by molar-refractivity contribution is 5.93. The van der Waals surface area contributed by atoms with Crippen molar-refractivity contribution in [2.24, 2.45) is 0 Å². The smallest absolute Gasteiger partial charge is 0.266 e. The van der Waals surface area contributed by atoms with Crippen LogP contribution in [0, 0.1) is 6.92 Å². The number of aromatic nitrogens is 2. The lowest BCUT2D eigenvalue weighted by Gasteiger charge is -2.52. The fraction of sp³-hybridized carbons (Fsp3) is 0.474. The molecule has 1 fully saturated rings. The molecular weight excluding hydrogens is 300 g/mol. The number of rotatable bonds is 2. The average Bonchev–Trinajstić information content (AvgIpc) is 3.02. The molecule has 4 rings (SSSR count). The van der Waals surface area contributed by atoms with Crippen molar-refractivity contribution in [2.75, 3.05) is 7.05 Å². The molecule has 1 aromatic heterocycles. The van der Waals surface area contributed by atoms with Crippen LogP contribution in [0.15, 0.2) is 36.4 Å². The van der Waals surface area contributed by atoms with Gasteiger partial charge in [0.25, 0.3) is 5.91 Å². The number of fused-ring (bicyclic) bond motifs is 2. The minimum atomic E-state index is -0.204. The molecule has 1 aromatic carbocycles. The Bertz CT molecular complexity index is 746. The van der Waals surface area contributed by atoms with Crippen LogP contribution in [-0.2, 0) is 12.2 Å². The molecule has 1 aliphatic carbocycles. The minimum absolute atomic E-state index is 0.0400. The predicted molar refractivity (Wildman–Crippen MR) is 92.1 cm³/mol. The maximum Gasteiger partial charge on any atom is 0.286 e. The zero-order valence-corrected chi connectivity index (χ0v) is 14.4. The molecule has 1 spiro atoms. The number of hydrogen-bond donors (Lipinski definition) is 0. The van der Waals surface area contributed by atoms with E-state index in [-0.39, 0.29) is 11.6 Å². The van der Waals surface area contributed by atoms with Crippen molar-refractivity contribution in [1.29, 1.82) is 0 Å². The maximum absolute atomic E-state index is 13.1. The van der Waals surface area contributed by atoms with Crippen LogP contribution in [0.25, 0.3) is 0 Å². The van der Waals surface area contributed by atoms with Gasteiger partial charge in [0.1, 0.15) is 11.4 Å². The second-order valence-corrected chi connectivity index (χ2v) is 7.00. The van der Waals surface area contributed by atoms with Crippen LogP contribution >= 0.6 is 0 Å². The second kappa shape index (κ2) is 5.74. The number of carbonyl (C=O) groups excluding carboxylic acids is 1. The lowest BCUT2D eigenvalue weighted by atomic mass is 9.87. The lowest BCUT2D eigenvalue weighted by molar-refractivity contribution is -0.146. The van der Waals surface area contributed by atoms with Crippen LogP contribution in [0.2, 0.25) is 0 Å². The highest BCUT2D eigenvalue weighted by Gasteiger charge is 2.48. The summed E-state index contributed by atoms with van der Waals surface area (Å²) in [7, 11) is 2.05. The van der Waals surface area contributed by atoms with Gasteiger partial charge in [0, 0.05) is 7.05 Å². The number of amides is 1. The van der Waals surface area contributed by atoms with Crippen LogP contribution in [0.4, 0.5) is 0 Å². The van der Waals surface area contributed by atoms with Gasteiger partial charge >= 0.3 is 0 Å². The molecule has 0 unspecified atom stereocenters. The van der Waals surface area contributed by atoms with E-state index in [9.17, 15) is 4.79 Å². The Morgan fingerprint density at radius 1 is 1.12 bits per heavy atom. The van der Waals surface area contributed by atoms with Crippen molar-refractivity contribution < 1.29 is 4.79 Å². The first-order valence-corrected chi connectivity index (χ1v) is 8.78. The number of aryl methyl sites for hydroxylation is 1. The summed E-state index contributed by atoms with van der Waals surface area (Å²) in [5, 5.41) is 8.75. The summed E-state index contributed by atoms with van der Waals surface area (Å²) < 4.78 is 2.01. The summed E-state index contributed by atoms with van der Waals surface area (Å²) in [5.41, 5.74) is 2.58. The van der Waals surface area contributed by atoms with Gasteiger partial charge in [-0.15, -0.1) is 0 Å². The molecule has 1 saturated carbocycles. The molecule has 0 saturated heterocycles. The molecule has 2 heterocycles. The van der Waals surface area contributed by atoms with E-state index in [1.165, 1.54) is 19.3 Å². The van der Waals surface area contributed by atoms with E-state index >= 15 is 0 Å². The molecule has 5 heteroatoms. The molecule has 0 N–H and O–H groups in total. The Labute approximate surface area is 142 Å². The van der Waals surface area contributed by atoms with Gasteiger partial charge in [-0.25, -0.2) is 4.68 Å². The third-order valence-corrected chi connectivity index (χ3v) is 5.47. The SMILES string of the molecule is Cc1cc2n(n1)C1(CCCCC1)N(C)N(Cc1ccccc1)C2=O. The van der Waals surface area contributed by atoms with E-state index in [4.69, 9.17) is 5.10 Å². The van der Waals surface area contributed by atoms with Crippen molar-refractivity contribution in [2.45, 2.75) is 51.2 Å². The van der Waals surface area contributed by atoms with Crippen LogP contribution in [0.5, 0.6) is 0 Å². The molecule has 0 radical (unpaired) electrons. The summed E-state index contributed by atoms with van der Waals surface area (Å²) in [4.78, 5) is 13.1. The summed E-state index contributed by atoms with van der Waals surface area (Å²) >= 11 is 0. The lowest BCUT2D eigenvalue weighted by Crippen LogP contribution is -2.63. The Kier molecular flexibility index (Phi) is 3.68. The Balaban J connectivity index is 1.78. The van der Waals surface area contributed by atoms with Crippen LogP contribution < -0.4 is 0 Å². The predicted octanol–water partition coefficient (Wildman–Crippen LogP) is 3.31. The van der Waals surface area contributed by atoms with Gasteiger partial charge in [-0.2, -0.15) is 10.1 Å². The Morgan fingerprint density at radius 3 is 2.54 bits per heavy atom. The van der Waals surface area contributed by atoms with Gasteiger partial charge in [0.05, 0.1) is 12.2 Å². The van der Waals surface area contributed by atoms with Gasteiger partial charge in [-0.1, -0.05) is 36.8 Å². The second-order valence-electron chi connectivity index (χ2n) is 7.00. The Hall–Kier alpha value is -2.14. The van der Waals surface area contributed by atoms with E-state index in [0.717, 1.165) is 29.8 Å². The van der Waals surface area contributed by atoms with Crippen LogP contribution in [0.3, 0.4) is 0 Å². The van der Waals surface area contributed by atoms with Crippen molar-refractivity contribution in [3.8, 4) is 0 Å². The van der Waals surface area contributed by atoms with Gasteiger partial charge in [0.2, 0.25) is 0 Å². The highest BCUT2D eigenvalue weighted by Crippen LogP contribution is 2.42. The molecule has 1 aliphatic heterocycles. The van der Waals surface area contributed by atoms with E-state index in [0.29, 0.717) is 6.54 Å². The monoisotopic (exact) mass is 324 g/mol. The summed E-state index contributed by atoms with van der Waals surface area (Å²) in [6, 6.07) is 12.1. The first-order chi connectivity index (χ1) is 11.6. The van der Waals surface area contributed by atoms with E-state index in [2.05, 4.69) is 17.1 Å². The zero-order valence-electron chi connectivity index (χ0n) is 14.4. The van der Waals surface area contributed by atoms with Gasteiger partial charge in [0.15, 0.2) is 0 Å². The standard InChI is InChI=1S/C19H24N4O/c1-15-13-17-18(24)22(14-16-9-5-3-6-10-16)21(2)19(23(17)20-15)11-7-4-8-12-19/h3,5-6,9-10,13H,4,7-8,11-12,14H2,1-2H3. The van der Waals surface area contributed by atoms with Gasteiger partial charge in [-0.3, -0.25) is 9.80 Å². The highest BCUT2D eigenvalue weighted by atomic mass is 16.2. The molecule has 0 atom stereocenters. The molecule has 5 nitrogen and oxygen atoms in total. The number of carbonyl (C=O) groups is 1. The number of hydrogen-bond acceptors (Lipinski definition) is 3. The maximum atomic E-state index is 13.1. The number of benzene rings is 1. The normalized spacial score (nSPS) is 20.4. The molecule has 2 aromatic rings. The van der Waals surface area contributed by atoms with Crippen molar-refractivity contribution >= 4 is 5.91 Å². The van der Waals surface area contributed by atoms with Gasteiger partial charge < -0.3 is 0 Å². The average molecular weight is 324 g/mol. The topological polar surface area (TPSA) is 41.4 Å². The third kappa shape index (κ3) is 2.26.